The van der Waals surface area contributed by atoms with Crippen LogP contribution in [0, 0.1) is 5.92 Å². The van der Waals surface area contributed by atoms with Gasteiger partial charge in [0.2, 0.25) is 17.8 Å². The monoisotopic (exact) mass is 551 g/mol. The van der Waals surface area contributed by atoms with Crippen molar-refractivity contribution in [3.05, 3.63) is 48.2 Å². The summed E-state index contributed by atoms with van der Waals surface area (Å²) in [5, 5.41) is 11.3. The molecule has 0 aromatic carbocycles. The van der Waals surface area contributed by atoms with E-state index in [-0.39, 0.29) is 30.1 Å². The number of carbonyl (C=O) groups is 2. The van der Waals surface area contributed by atoms with E-state index in [2.05, 4.69) is 48.3 Å². The zero-order valence-electron chi connectivity index (χ0n) is 23.8. The minimum absolute atomic E-state index is 0.0146. The van der Waals surface area contributed by atoms with Gasteiger partial charge in [0, 0.05) is 44.8 Å². The lowest BCUT2D eigenvalue weighted by molar-refractivity contribution is -0.143. The highest BCUT2D eigenvalue weighted by Crippen LogP contribution is 2.25. The van der Waals surface area contributed by atoms with Crippen LogP contribution < -0.4 is 10.6 Å². The first-order valence-corrected chi connectivity index (χ1v) is 14.1. The van der Waals surface area contributed by atoms with Gasteiger partial charge in [-0.25, -0.2) is 0 Å². The lowest BCUT2D eigenvalue weighted by Gasteiger charge is -2.32. The van der Waals surface area contributed by atoms with E-state index in [0.29, 0.717) is 57.8 Å². The van der Waals surface area contributed by atoms with Crippen LogP contribution in [-0.2, 0) is 19.1 Å². The summed E-state index contributed by atoms with van der Waals surface area (Å²) in [6, 6.07) is 0. The van der Waals surface area contributed by atoms with Gasteiger partial charge in [0.05, 0.1) is 19.3 Å². The molecule has 1 aliphatic heterocycles. The Balaban J connectivity index is 1.37. The molecule has 1 saturated heterocycles. The van der Waals surface area contributed by atoms with Gasteiger partial charge < -0.3 is 25.0 Å². The maximum Gasteiger partial charge on any atom is 0.246 e. The van der Waals surface area contributed by atoms with Crippen LogP contribution in [0.5, 0.6) is 0 Å². The summed E-state index contributed by atoms with van der Waals surface area (Å²) in [7, 11) is 0. The van der Waals surface area contributed by atoms with Gasteiger partial charge in [0.15, 0.2) is 11.4 Å². The number of anilines is 2. The molecule has 1 amide bonds. The largest absolute Gasteiger partial charge is 0.382 e. The van der Waals surface area contributed by atoms with Crippen molar-refractivity contribution in [1.82, 2.24) is 24.5 Å². The number of fused-ring (bicyclic) bond motifs is 1. The van der Waals surface area contributed by atoms with E-state index in [0.717, 1.165) is 29.6 Å². The summed E-state index contributed by atoms with van der Waals surface area (Å²) in [4.78, 5) is 36.0. The summed E-state index contributed by atoms with van der Waals surface area (Å²) in [6.07, 6.45) is 10.6. The Bertz CT molecular complexity index is 1250. The van der Waals surface area contributed by atoms with Crippen molar-refractivity contribution in [3.8, 4) is 0 Å². The Labute approximate surface area is 235 Å². The van der Waals surface area contributed by atoms with Gasteiger partial charge in [-0.2, -0.15) is 19.6 Å². The van der Waals surface area contributed by atoms with Crippen molar-refractivity contribution >= 4 is 29.2 Å². The number of hydrogen-bond donors (Lipinski definition) is 2. The van der Waals surface area contributed by atoms with E-state index in [1.807, 2.05) is 19.2 Å². The van der Waals surface area contributed by atoms with Crippen molar-refractivity contribution in [2.24, 2.45) is 5.92 Å². The topological polar surface area (TPSA) is 123 Å². The normalized spacial score (nSPS) is 19.1. The molecule has 1 fully saturated rings. The lowest BCUT2D eigenvalue weighted by Crippen LogP contribution is -2.48. The van der Waals surface area contributed by atoms with Gasteiger partial charge in [-0.05, 0) is 37.7 Å². The number of Topliss-reactive ketones (excluding diaryl/α,β-unsaturated/α-hetero) is 1. The number of nitrogens with one attached hydrogen (secondary N) is 2. The van der Waals surface area contributed by atoms with Gasteiger partial charge in [0.1, 0.15) is 6.10 Å². The summed E-state index contributed by atoms with van der Waals surface area (Å²) in [6.45, 7) is 13.5. The van der Waals surface area contributed by atoms with Crippen LogP contribution >= 0.6 is 0 Å². The van der Waals surface area contributed by atoms with E-state index in [4.69, 9.17) is 19.4 Å². The van der Waals surface area contributed by atoms with Crippen LogP contribution in [0.15, 0.2) is 42.7 Å². The molecule has 11 nitrogen and oxygen atoms in total. The number of aromatic nitrogens is 4. The number of allylic oxidation sites excluding steroid dienone is 3. The highest BCUT2D eigenvalue weighted by molar-refractivity contribution is 5.89. The van der Waals surface area contributed by atoms with Crippen LogP contribution in [0.1, 0.15) is 51.5 Å². The molecular weight excluding hydrogens is 510 g/mol. The van der Waals surface area contributed by atoms with Crippen molar-refractivity contribution in [3.63, 3.8) is 0 Å². The smallest absolute Gasteiger partial charge is 0.246 e. The highest BCUT2D eigenvalue weighted by atomic mass is 16.5. The van der Waals surface area contributed by atoms with Crippen LogP contribution in [0.3, 0.4) is 0 Å². The van der Waals surface area contributed by atoms with Gasteiger partial charge in [-0.1, -0.05) is 44.2 Å². The van der Waals surface area contributed by atoms with Crippen molar-refractivity contribution in [1.29, 1.82) is 0 Å². The summed E-state index contributed by atoms with van der Waals surface area (Å²) >= 11 is 0. The first-order chi connectivity index (χ1) is 19.4. The molecule has 2 atom stereocenters. The van der Waals surface area contributed by atoms with E-state index in [1.165, 1.54) is 6.08 Å². The molecule has 40 heavy (non-hydrogen) atoms. The summed E-state index contributed by atoms with van der Waals surface area (Å²) < 4.78 is 12.9. The second-order valence-corrected chi connectivity index (χ2v) is 10.4. The predicted octanol–water partition coefficient (Wildman–Crippen LogP) is 3.37. The van der Waals surface area contributed by atoms with E-state index in [9.17, 15) is 9.59 Å². The van der Waals surface area contributed by atoms with Gasteiger partial charge >= 0.3 is 0 Å². The Morgan fingerprint density at radius 2 is 2.15 bits per heavy atom. The number of rotatable bonds is 14. The third kappa shape index (κ3) is 7.54. The van der Waals surface area contributed by atoms with Gasteiger partial charge in [0.25, 0.3) is 0 Å². The minimum atomic E-state index is -0.595. The first kappa shape index (κ1) is 29.4. The Kier molecular flexibility index (Phi) is 10.4. The minimum Gasteiger partial charge on any atom is -0.382 e. The molecule has 216 valence electrons. The Morgan fingerprint density at radius 3 is 2.92 bits per heavy atom. The fourth-order valence-corrected chi connectivity index (χ4v) is 4.86. The molecule has 0 bridgehead atoms. The molecule has 0 saturated carbocycles. The highest BCUT2D eigenvalue weighted by Gasteiger charge is 2.29. The van der Waals surface area contributed by atoms with Crippen LogP contribution in [0.2, 0.25) is 0 Å². The molecule has 11 heteroatoms. The van der Waals surface area contributed by atoms with Crippen LogP contribution in [0.4, 0.5) is 11.9 Å². The Morgan fingerprint density at radius 1 is 1.30 bits per heavy atom. The van der Waals surface area contributed by atoms with Crippen LogP contribution in [-0.4, -0.2) is 88.3 Å². The molecule has 3 heterocycles. The zero-order valence-corrected chi connectivity index (χ0v) is 23.8. The number of carbonyl (C=O) groups excluding carboxylic acids is 2. The van der Waals surface area contributed by atoms with Crippen molar-refractivity contribution in [2.45, 2.75) is 52.1 Å². The van der Waals surface area contributed by atoms with Crippen molar-refractivity contribution < 1.29 is 19.1 Å². The van der Waals surface area contributed by atoms with Gasteiger partial charge in [-0.15, -0.1) is 0 Å². The number of ether oxygens (including phenoxy) is 2. The molecule has 4 rings (SSSR count). The fourth-order valence-electron chi connectivity index (χ4n) is 4.86. The maximum atomic E-state index is 13.0. The molecule has 2 N–H and O–H groups in total. The average Bonchev–Trinajstić information content (AvgIpc) is 3.40. The lowest BCUT2D eigenvalue weighted by atomic mass is 9.89. The third-order valence-corrected chi connectivity index (χ3v) is 7.06. The van der Waals surface area contributed by atoms with Crippen LogP contribution in [0.25, 0.3) is 5.65 Å². The predicted molar refractivity (Wildman–Crippen MR) is 154 cm³/mol. The molecule has 0 spiro atoms. The van der Waals surface area contributed by atoms with E-state index in [1.54, 1.807) is 9.42 Å². The number of nitrogens with zero attached hydrogens (tertiary/aromatic N) is 5. The number of ketones is 1. The number of morpholine rings is 1. The molecule has 2 unspecified atom stereocenters. The average molecular weight is 552 g/mol. The maximum absolute atomic E-state index is 13.0. The molecule has 2 aliphatic rings. The van der Waals surface area contributed by atoms with E-state index < -0.39 is 6.10 Å². The zero-order chi connectivity index (χ0) is 28.5. The molecule has 0 radical (unpaired) electrons. The SMILES string of the molecule is C=CC(=O)N1CCOC(C(=O)CC2C=CC=C(CNc3nc(NCCCOCC)nc4c(C(C)C)cnn34)C2)C1. The van der Waals surface area contributed by atoms with Crippen molar-refractivity contribution in [2.75, 3.05) is 56.6 Å². The standard InChI is InChI=1S/C29H41N7O4/c1-5-26(38)35-12-14-40-25(19-35)24(37)16-21-9-7-10-22(15-21)17-31-29-34-28(30-11-8-13-39-6-2)33-27-23(20(3)4)18-32-36(27)29/h5,7,9-10,18,20-21,25H,1,6,8,11-17,19H2,2-4H3,(H2,30,31,33,34). The second-order valence-electron chi connectivity index (χ2n) is 10.4. The number of amides is 1. The fraction of sp³-hybridized carbons (Fsp3) is 0.552. The van der Waals surface area contributed by atoms with Gasteiger partial charge in [-0.3, -0.25) is 9.59 Å². The number of hydrogen-bond acceptors (Lipinski definition) is 9. The quantitative estimate of drug-likeness (QED) is 0.269. The van der Waals surface area contributed by atoms with E-state index >= 15 is 0 Å². The molecule has 2 aromatic heterocycles. The summed E-state index contributed by atoms with van der Waals surface area (Å²) in [5.41, 5.74) is 2.99. The Hall–Kier alpha value is -3.57. The molecular formula is C29H41N7O4. The third-order valence-electron chi connectivity index (χ3n) is 7.06. The molecule has 1 aliphatic carbocycles. The first-order valence-electron chi connectivity index (χ1n) is 14.1. The molecule has 2 aromatic rings. The second kappa shape index (κ2) is 14.2. The summed E-state index contributed by atoms with van der Waals surface area (Å²) in [5.74, 6) is 1.33.